The summed E-state index contributed by atoms with van der Waals surface area (Å²) < 4.78 is 6.28. The molecule has 17 heavy (non-hydrogen) atoms. The molecule has 0 bridgehead atoms. The number of benzene rings is 1. The summed E-state index contributed by atoms with van der Waals surface area (Å²) in [5.74, 6) is 0.679. The van der Waals surface area contributed by atoms with Crippen LogP contribution in [0.3, 0.4) is 0 Å². The Morgan fingerprint density at radius 1 is 1.24 bits per heavy atom. The van der Waals surface area contributed by atoms with E-state index in [1.165, 1.54) is 0 Å². The second-order valence-corrected chi connectivity index (χ2v) is 4.91. The van der Waals surface area contributed by atoms with E-state index in [4.69, 9.17) is 27.9 Å². The van der Waals surface area contributed by atoms with E-state index in [0.29, 0.717) is 27.0 Å². The number of nitrogens with zero attached hydrogens (tertiary/aromatic N) is 1. The molecule has 1 aromatic heterocycles. The number of hydrogen-bond acceptors (Lipinski definition) is 2. The third kappa shape index (κ3) is 3.35. The third-order valence-corrected chi connectivity index (χ3v) is 3.31. The van der Waals surface area contributed by atoms with Gasteiger partial charge in [0.2, 0.25) is 0 Å². The molecule has 88 valence electrons. The van der Waals surface area contributed by atoms with Gasteiger partial charge in [-0.2, -0.15) is 0 Å². The second kappa shape index (κ2) is 5.71. The first-order valence-corrected chi connectivity index (χ1v) is 6.39. The minimum absolute atomic E-state index is 0.375. The summed E-state index contributed by atoms with van der Waals surface area (Å²) in [6, 6.07) is 8.96. The highest BCUT2D eigenvalue weighted by atomic mass is 79.9. The molecule has 2 aromatic rings. The van der Waals surface area contributed by atoms with Gasteiger partial charge in [-0.05, 0) is 40.2 Å². The van der Waals surface area contributed by atoms with Crippen LogP contribution in [-0.4, -0.2) is 4.98 Å². The molecule has 0 fully saturated rings. The Labute approximate surface area is 118 Å². The van der Waals surface area contributed by atoms with Gasteiger partial charge in [0, 0.05) is 21.8 Å². The molecule has 0 saturated heterocycles. The third-order valence-electron chi connectivity index (χ3n) is 2.12. The highest BCUT2D eigenvalue weighted by Crippen LogP contribution is 2.25. The van der Waals surface area contributed by atoms with Crippen LogP contribution in [0.25, 0.3) is 0 Å². The molecular formula is C12H8BrCl2NO. The minimum Gasteiger partial charge on any atom is -0.486 e. The molecule has 1 aromatic carbocycles. The van der Waals surface area contributed by atoms with Crippen LogP contribution >= 0.6 is 39.1 Å². The van der Waals surface area contributed by atoms with Crippen molar-refractivity contribution in [3.63, 3.8) is 0 Å². The zero-order valence-corrected chi connectivity index (χ0v) is 11.8. The number of ether oxygens (including phenoxy) is 1. The van der Waals surface area contributed by atoms with Crippen molar-refractivity contribution in [2.24, 2.45) is 0 Å². The Morgan fingerprint density at radius 3 is 2.76 bits per heavy atom. The van der Waals surface area contributed by atoms with E-state index in [0.717, 1.165) is 5.56 Å². The predicted molar refractivity (Wildman–Crippen MR) is 72.7 cm³/mol. The van der Waals surface area contributed by atoms with Crippen LogP contribution in [0.15, 0.2) is 41.1 Å². The normalized spacial score (nSPS) is 10.3. The first-order valence-electron chi connectivity index (χ1n) is 4.84. The van der Waals surface area contributed by atoms with Crippen LogP contribution < -0.4 is 4.74 Å². The van der Waals surface area contributed by atoms with E-state index in [9.17, 15) is 0 Å². The smallest absolute Gasteiger partial charge is 0.152 e. The maximum absolute atomic E-state index is 6.04. The lowest BCUT2D eigenvalue weighted by atomic mass is 10.2. The SMILES string of the molecule is Clc1ccc(COc2cccnc2Br)c(Cl)c1. The summed E-state index contributed by atoms with van der Waals surface area (Å²) in [5.41, 5.74) is 0.881. The fraction of sp³-hybridized carbons (Fsp3) is 0.0833. The number of aromatic nitrogens is 1. The molecule has 0 unspecified atom stereocenters. The van der Waals surface area contributed by atoms with Crippen molar-refractivity contribution in [3.8, 4) is 5.75 Å². The van der Waals surface area contributed by atoms with Gasteiger partial charge in [0.05, 0.1) is 0 Å². The molecule has 0 N–H and O–H groups in total. The van der Waals surface area contributed by atoms with Gasteiger partial charge in [-0.3, -0.25) is 0 Å². The number of halogens is 3. The highest BCUT2D eigenvalue weighted by Gasteiger charge is 2.04. The number of hydrogen-bond donors (Lipinski definition) is 0. The van der Waals surface area contributed by atoms with Crippen molar-refractivity contribution in [3.05, 3.63) is 56.7 Å². The van der Waals surface area contributed by atoms with Gasteiger partial charge in [-0.1, -0.05) is 29.3 Å². The van der Waals surface area contributed by atoms with E-state index < -0.39 is 0 Å². The standard InChI is InChI=1S/C12H8BrCl2NO/c13-12-11(2-1-5-16-12)17-7-8-3-4-9(14)6-10(8)15/h1-6H,7H2. The monoisotopic (exact) mass is 331 g/mol. The molecular weight excluding hydrogens is 325 g/mol. The topological polar surface area (TPSA) is 22.1 Å². The molecule has 0 atom stereocenters. The Balaban J connectivity index is 2.10. The van der Waals surface area contributed by atoms with Gasteiger partial charge < -0.3 is 4.74 Å². The lowest BCUT2D eigenvalue weighted by Crippen LogP contribution is -1.97. The quantitative estimate of drug-likeness (QED) is 0.758. The molecule has 2 nitrogen and oxygen atoms in total. The van der Waals surface area contributed by atoms with Crippen molar-refractivity contribution in [2.45, 2.75) is 6.61 Å². The summed E-state index contributed by atoms with van der Waals surface area (Å²) in [4.78, 5) is 4.07. The van der Waals surface area contributed by atoms with Gasteiger partial charge in [-0.25, -0.2) is 4.98 Å². The molecule has 0 radical (unpaired) electrons. The number of rotatable bonds is 3. The number of pyridine rings is 1. The van der Waals surface area contributed by atoms with E-state index in [1.807, 2.05) is 18.2 Å². The summed E-state index contributed by atoms with van der Waals surface area (Å²) in [6.07, 6.45) is 1.69. The fourth-order valence-corrected chi connectivity index (χ4v) is 2.10. The Kier molecular flexibility index (Phi) is 4.26. The molecule has 0 amide bonds. The molecule has 2 rings (SSSR count). The minimum atomic E-state index is 0.375. The first kappa shape index (κ1) is 12.7. The predicted octanol–water partition coefficient (Wildman–Crippen LogP) is 4.73. The maximum atomic E-state index is 6.04. The van der Waals surface area contributed by atoms with Gasteiger partial charge in [-0.15, -0.1) is 0 Å². The van der Waals surface area contributed by atoms with Crippen molar-refractivity contribution in [1.29, 1.82) is 0 Å². The molecule has 0 aliphatic rings. The van der Waals surface area contributed by atoms with E-state index in [1.54, 1.807) is 18.3 Å². The summed E-state index contributed by atoms with van der Waals surface area (Å²) >= 11 is 15.2. The zero-order valence-electron chi connectivity index (χ0n) is 8.66. The Morgan fingerprint density at radius 2 is 2.06 bits per heavy atom. The van der Waals surface area contributed by atoms with Crippen molar-refractivity contribution in [1.82, 2.24) is 4.98 Å². The Hall–Kier alpha value is -0.770. The first-order chi connectivity index (χ1) is 8.16. The summed E-state index contributed by atoms with van der Waals surface area (Å²) in [5, 5.41) is 1.21. The van der Waals surface area contributed by atoms with E-state index in [2.05, 4.69) is 20.9 Å². The molecule has 0 saturated carbocycles. The van der Waals surface area contributed by atoms with Crippen molar-refractivity contribution >= 4 is 39.1 Å². The van der Waals surface area contributed by atoms with Crippen LogP contribution in [0.5, 0.6) is 5.75 Å². The van der Waals surface area contributed by atoms with Crippen LogP contribution in [0.2, 0.25) is 10.0 Å². The van der Waals surface area contributed by atoms with Gasteiger partial charge in [0.15, 0.2) is 5.75 Å². The van der Waals surface area contributed by atoms with Crippen molar-refractivity contribution < 1.29 is 4.74 Å². The van der Waals surface area contributed by atoms with Crippen LogP contribution in [0, 0.1) is 0 Å². The summed E-state index contributed by atoms with van der Waals surface area (Å²) in [7, 11) is 0. The second-order valence-electron chi connectivity index (χ2n) is 3.32. The van der Waals surface area contributed by atoms with E-state index in [-0.39, 0.29) is 0 Å². The van der Waals surface area contributed by atoms with E-state index >= 15 is 0 Å². The average molecular weight is 333 g/mol. The average Bonchev–Trinajstić information content (AvgIpc) is 2.30. The van der Waals surface area contributed by atoms with Crippen LogP contribution in [0.1, 0.15) is 5.56 Å². The molecule has 1 heterocycles. The lowest BCUT2D eigenvalue weighted by Gasteiger charge is -2.08. The zero-order chi connectivity index (χ0) is 12.3. The van der Waals surface area contributed by atoms with Gasteiger partial charge >= 0.3 is 0 Å². The fourth-order valence-electron chi connectivity index (χ4n) is 1.27. The van der Waals surface area contributed by atoms with Gasteiger partial charge in [0.25, 0.3) is 0 Å². The molecule has 0 spiro atoms. The maximum Gasteiger partial charge on any atom is 0.152 e. The van der Waals surface area contributed by atoms with Crippen LogP contribution in [0.4, 0.5) is 0 Å². The highest BCUT2D eigenvalue weighted by molar-refractivity contribution is 9.10. The largest absolute Gasteiger partial charge is 0.486 e. The van der Waals surface area contributed by atoms with Crippen molar-refractivity contribution in [2.75, 3.05) is 0 Å². The lowest BCUT2D eigenvalue weighted by molar-refractivity contribution is 0.303. The molecule has 0 aliphatic heterocycles. The van der Waals surface area contributed by atoms with Gasteiger partial charge in [0.1, 0.15) is 11.2 Å². The van der Waals surface area contributed by atoms with Crippen LogP contribution in [-0.2, 0) is 6.61 Å². The Bertz CT molecular complexity index is 534. The summed E-state index contributed by atoms with van der Waals surface area (Å²) in [6.45, 7) is 0.375. The molecule has 5 heteroatoms. The molecule has 0 aliphatic carbocycles.